The Bertz CT molecular complexity index is 1040. The van der Waals surface area contributed by atoms with Gasteiger partial charge in [-0.15, -0.1) is 0 Å². The number of carbonyl (C=O) groups is 2. The molecule has 0 spiro atoms. The van der Waals surface area contributed by atoms with Gasteiger partial charge in [0.15, 0.2) is 11.9 Å². The number of ether oxygens (including phenoxy) is 1. The molecule has 0 radical (unpaired) electrons. The fourth-order valence-electron chi connectivity index (χ4n) is 3.20. The molecule has 1 amide bonds. The molecule has 158 valence electrons. The fourth-order valence-corrected chi connectivity index (χ4v) is 3.20. The first-order chi connectivity index (χ1) is 14.9. The van der Waals surface area contributed by atoms with E-state index in [4.69, 9.17) is 4.74 Å². The van der Waals surface area contributed by atoms with Crippen LogP contribution in [-0.4, -0.2) is 22.7 Å². The van der Waals surface area contributed by atoms with E-state index in [1.54, 1.807) is 6.92 Å². The maximum atomic E-state index is 12.9. The lowest BCUT2D eigenvalue weighted by atomic mass is 9.98. The van der Waals surface area contributed by atoms with Crippen LogP contribution in [0.4, 0.5) is 5.69 Å². The van der Waals surface area contributed by atoms with Crippen molar-refractivity contribution in [3.8, 4) is 5.75 Å². The minimum Gasteiger partial charge on any atom is -0.481 e. The van der Waals surface area contributed by atoms with Crippen molar-refractivity contribution in [3.63, 3.8) is 0 Å². The Morgan fingerprint density at radius 2 is 1.48 bits per heavy atom. The molecule has 0 bridgehead atoms. The van der Waals surface area contributed by atoms with Crippen molar-refractivity contribution in [3.05, 3.63) is 106 Å². The molecule has 0 aliphatic rings. The lowest BCUT2D eigenvalue weighted by Gasteiger charge is -2.22. The molecule has 0 aliphatic carbocycles. The second-order valence-corrected chi connectivity index (χ2v) is 7.02. The van der Waals surface area contributed by atoms with E-state index in [-0.39, 0.29) is 28.9 Å². The highest BCUT2D eigenvalue weighted by Crippen LogP contribution is 2.26. The Morgan fingerprint density at radius 3 is 1.97 bits per heavy atom. The van der Waals surface area contributed by atoms with E-state index < -0.39 is 16.8 Å². The van der Waals surface area contributed by atoms with Crippen LogP contribution in [0.2, 0.25) is 0 Å². The summed E-state index contributed by atoms with van der Waals surface area (Å²) in [5.41, 5.74) is 1.47. The van der Waals surface area contributed by atoms with Gasteiger partial charge in [0.25, 0.3) is 11.6 Å². The number of nitro groups is 1. The van der Waals surface area contributed by atoms with Crippen LogP contribution in [0.3, 0.4) is 0 Å². The number of nitrogens with one attached hydrogen (secondary N) is 1. The third-order valence-corrected chi connectivity index (χ3v) is 4.78. The van der Waals surface area contributed by atoms with Gasteiger partial charge in [0.05, 0.1) is 16.5 Å². The number of hydrogen-bond donors (Lipinski definition) is 1. The van der Waals surface area contributed by atoms with E-state index in [9.17, 15) is 19.7 Å². The van der Waals surface area contributed by atoms with Crippen molar-refractivity contribution in [1.29, 1.82) is 0 Å². The fraction of sp³-hybridized carbons (Fsp3) is 0.167. The summed E-state index contributed by atoms with van der Waals surface area (Å²) in [7, 11) is 0. The smallest absolute Gasteiger partial charge is 0.280 e. The minimum absolute atomic E-state index is 0.0680. The number of rotatable bonds is 8. The molecule has 7 nitrogen and oxygen atoms in total. The molecule has 1 unspecified atom stereocenters. The van der Waals surface area contributed by atoms with Crippen molar-refractivity contribution >= 4 is 17.4 Å². The standard InChI is InChI=1S/C24H22N2O5/c1-16(27)21-15-20(13-14-22(21)26(29)30)31-17(2)24(28)25-23(18-9-5-3-6-10-18)19-11-7-4-8-12-19/h3-15,17,23H,1-2H3,(H,25,28). The predicted octanol–water partition coefficient (Wildman–Crippen LogP) is 4.47. The van der Waals surface area contributed by atoms with Crippen LogP contribution in [0.15, 0.2) is 78.9 Å². The first-order valence-electron chi connectivity index (χ1n) is 9.73. The van der Waals surface area contributed by atoms with Crippen molar-refractivity contribution in [2.75, 3.05) is 0 Å². The topological polar surface area (TPSA) is 98.5 Å². The van der Waals surface area contributed by atoms with Crippen LogP contribution in [0, 0.1) is 10.1 Å². The summed E-state index contributed by atoms with van der Waals surface area (Å²) in [4.78, 5) is 35.1. The lowest BCUT2D eigenvalue weighted by Crippen LogP contribution is -2.39. The molecule has 0 heterocycles. The highest BCUT2D eigenvalue weighted by atomic mass is 16.6. The first-order valence-corrected chi connectivity index (χ1v) is 9.73. The lowest BCUT2D eigenvalue weighted by molar-refractivity contribution is -0.385. The summed E-state index contributed by atoms with van der Waals surface area (Å²) in [5.74, 6) is -0.614. The number of benzene rings is 3. The Kier molecular flexibility index (Phi) is 6.77. The van der Waals surface area contributed by atoms with Crippen LogP contribution in [0.5, 0.6) is 5.75 Å². The highest BCUT2D eigenvalue weighted by molar-refractivity contribution is 5.98. The van der Waals surface area contributed by atoms with Gasteiger partial charge in [-0.3, -0.25) is 19.7 Å². The quantitative estimate of drug-likeness (QED) is 0.331. The van der Waals surface area contributed by atoms with E-state index in [2.05, 4.69) is 5.32 Å². The molecule has 0 aromatic heterocycles. The summed E-state index contributed by atoms with van der Waals surface area (Å²) in [6, 6.07) is 22.6. The second-order valence-electron chi connectivity index (χ2n) is 7.02. The number of amides is 1. The van der Waals surface area contributed by atoms with Crippen LogP contribution in [0.25, 0.3) is 0 Å². The molecule has 3 rings (SSSR count). The van der Waals surface area contributed by atoms with Crippen LogP contribution in [-0.2, 0) is 4.79 Å². The zero-order valence-corrected chi connectivity index (χ0v) is 17.1. The zero-order valence-electron chi connectivity index (χ0n) is 17.1. The van der Waals surface area contributed by atoms with E-state index >= 15 is 0 Å². The largest absolute Gasteiger partial charge is 0.481 e. The molecule has 1 N–H and O–H groups in total. The maximum absolute atomic E-state index is 12.9. The summed E-state index contributed by atoms with van der Waals surface area (Å²) >= 11 is 0. The van der Waals surface area contributed by atoms with Crippen LogP contribution in [0.1, 0.15) is 41.4 Å². The maximum Gasteiger partial charge on any atom is 0.280 e. The van der Waals surface area contributed by atoms with Crippen molar-refractivity contribution in [1.82, 2.24) is 5.32 Å². The van der Waals surface area contributed by atoms with E-state index in [0.717, 1.165) is 11.1 Å². The Morgan fingerprint density at radius 1 is 0.935 bits per heavy atom. The SMILES string of the molecule is CC(=O)c1cc(OC(C)C(=O)NC(c2ccccc2)c2ccccc2)ccc1[N+](=O)[O-]. The number of ketones is 1. The van der Waals surface area contributed by atoms with Gasteiger partial charge in [0.2, 0.25) is 0 Å². The highest BCUT2D eigenvalue weighted by Gasteiger charge is 2.23. The molecular weight excluding hydrogens is 396 g/mol. The zero-order chi connectivity index (χ0) is 22.4. The average molecular weight is 418 g/mol. The van der Waals surface area contributed by atoms with Gasteiger partial charge in [-0.25, -0.2) is 0 Å². The number of nitro benzene ring substituents is 1. The van der Waals surface area contributed by atoms with Gasteiger partial charge >= 0.3 is 0 Å². The van der Waals surface area contributed by atoms with Crippen molar-refractivity contribution < 1.29 is 19.2 Å². The molecule has 0 fully saturated rings. The predicted molar refractivity (Wildman–Crippen MR) is 116 cm³/mol. The van der Waals surface area contributed by atoms with Crippen molar-refractivity contribution in [2.24, 2.45) is 0 Å². The van der Waals surface area contributed by atoms with Crippen LogP contribution >= 0.6 is 0 Å². The molecule has 3 aromatic carbocycles. The van der Waals surface area contributed by atoms with Gasteiger partial charge < -0.3 is 10.1 Å². The van der Waals surface area contributed by atoms with Gasteiger partial charge in [-0.1, -0.05) is 60.7 Å². The molecule has 0 saturated heterocycles. The van der Waals surface area contributed by atoms with E-state index in [0.29, 0.717) is 0 Å². The van der Waals surface area contributed by atoms with Crippen LogP contribution < -0.4 is 10.1 Å². The number of carbonyl (C=O) groups excluding carboxylic acids is 2. The monoisotopic (exact) mass is 418 g/mol. The molecule has 31 heavy (non-hydrogen) atoms. The van der Waals surface area contributed by atoms with Gasteiger partial charge in [0.1, 0.15) is 5.75 Å². The number of Topliss-reactive ketones (excluding diaryl/α,β-unsaturated/α-hetero) is 1. The van der Waals surface area contributed by atoms with Gasteiger partial charge in [-0.05, 0) is 37.1 Å². The Balaban J connectivity index is 1.79. The molecule has 3 aromatic rings. The molecular formula is C24H22N2O5. The summed E-state index contributed by atoms with van der Waals surface area (Å²) in [5, 5.41) is 14.1. The van der Waals surface area contributed by atoms with E-state index in [1.807, 2.05) is 60.7 Å². The Hall–Kier alpha value is -4.00. The summed E-state index contributed by atoms with van der Waals surface area (Å²) in [6.45, 7) is 2.82. The summed E-state index contributed by atoms with van der Waals surface area (Å²) in [6.07, 6.45) is -0.892. The number of nitrogens with zero attached hydrogens (tertiary/aromatic N) is 1. The normalized spacial score (nSPS) is 11.6. The third-order valence-electron chi connectivity index (χ3n) is 4.78. The number of hydrogen-bond acceptors (Lipinski definition) is 5. The third kappa shape index (κ3) is 5.33. The average Bonchev–Trinajstić information content (AvgIpc) is 2.78. The summed E-state index contributed by atoms with van der Waals surface area (Å²) < 4.78 is 5.69. The van der Waals surface area contributed by atoms with E-state index in [1.165, 1.54) is 25.1 Å². The van der Waals surface area contributed by atoms with Crippen molar-refractivity contribution in [2.45, 2.75) is 26.0 Å². The Labute approximate surface area is 179 Å². The molecule has 0 saturated carbocycles. The van der Waals surface area contributed by atoms with Gasteiger partial charge in [0, 0.05) is 6.07 Å². The molecule has 0 aliphatic heterocycles. The first kappa shape index (κ1) is 21.7. The minimum atomic E-state index is -0.892. The molecule has 7 heteroatoms. The van der Waals surface area contributed by atoms with Gasteiger partial charge in [-0.2, -0.15) is 0 Å². The second kappa shape index (κ2) is 9.67. The molecule has 1 atom stereocenters.